The third-order valence-corrected chi connectivity index (χ3v) is 7.11. The number of carbonyl (C=O) groups excluding carboxylic acids is 1. The van der Waals surface area contributed by atoms with E-state index < -0.39 is 12.0 Å². The van der Waals surface area contributed by atoms with Gasteiger partial charge < -0.3 is 23.7 Å². The lowest BCUT2D eigenvalue weighted by atomic mass is 9.95. The minimum Gasteiger partial charge on any atom is -0.497 e. The Morgan fingerprint density at radius 2 is 1.69 bits per heavy atom. The number of hydrogen-bond acceptors (Lipinski definition) is 9. The van der Waals surface area contributed by atoms with E-state index in [9.17, 15) is 9.59 Å². The normalized spacial score (nSPS) is 14.9. The molecule has 0 bridgehead atoms. The van der Waals surface area contributed by atoms with Gasteiger partial charge in [-0.05, 0) is 69.7 Å². The Morgan fingerprint density at radius 3 is 2.36 bits per heavy atom. The van der Waals surface area contributed by atoms with Crippen molar-refractivity contribution in [3.63, 3.8) is 0 Å². The van der Waals surface area contributed by atoms with Gasteiger partial charge in [0, 0.05) is 5.56 Å². The molecule has 0 unspecified atom stereocenters. The Kier molecular flexibility index (Phi) is 8.75. The molecule has 3 aromatic rings. The minimum atomic E-state index is -0.774. The maximum absolute atomic E-state index is 13.9. The molecule has 0 radical (unpaired) electrons. The molecule has 0 saturated carbocycles. The number of carbonyl (C=O) groups is 1. The first kappa shape index (κ1) is 28.0. The predicted octanol–water partition coefficient (Wildman–Crippen LogP) is 3.61. The smallest absolute Gasteiger partial charge is 0.338 e. The first-order valence-electron chi connectivity index (χ1n) is 12.7. The van der Waals surface area contributed by atoms with Gasteiger partial charge >= 0.3 is 5.97 Å². The summed E-state index contributed by atoms with van der Waals surface area (Å²) in [4.78, 5) is 32.3. The number of aromatic nitrogens is 1. The van der Waals surface area contributed by atoms with E-state index in [0.29, 0.717) is 67.9 Å². The molecule has 39 heavy (non-hydrogen) atoms. The van der Waals surface area contributed by atoms with Crippen molar-refractivity contribution >= 4 is 23.4 Å². The van der Waals surface area contributed by atoms with Gasteiger partial charge in [0.15, 0.2) is 16.3 Å². The Hall–Kier alpha value is -4.05. The van der Waals surface area contributed by atoms with Gasteiger partial charge in [-0.1, -0.05) is 17.4 Å². The molecule has 1 aliphatic heterocycles. The highest BCUT2D eigenvalue weighted by Crippen LogP contribution is 2.36. The van der Waals surface area contributed by atoms with Crippen LogP contribution < -0.4 is 33.8 Å². The van der Waals surface area contributed by atoms with Crippen LogP contribution in [0.5, 0.6) is 23.0 Å². The lowest BCUT2D eigenvalue weighted by Crippen LogP contribution is -2.40. The molecule has 10 heteroatoms. The highest BCUT2D eigenvalue weighted by Gasteiger charge is 2.34. The number of esters is 1. The second-order valence-electron chi connectivity index (χ2n) is 8.48. The summed E-state index contributed by atoms with van der Waals surface area (Å²) in [7, 11) is 3.14. The third-order valence-electron chi connectivity index (χ3n) is 6.12. The van der Waals surface area contributed by atoms with E-state index in [1.54, 1.807) is 64.5 Å². The Bertz CT molecular complexity index is 1590. The molecule has 2 heterocycles. The lowest BCUT2D eigenvalue weighted by molar-refractivity contribution is -0.139. The molecule has 4 rings (SSSR count). The molecular weight excluding hydrogens is 520 g/mol. The molecule has 0 amide bonds. The van der Waals surface area contributed by atoms with Crippen molar-refractivity contribution < 1.29 is 28.5 Å². The summed E-state index contributed by atoms with van der Waals surface area (Å²) < 4.78 is 29.8. The second-order valence-corrected chi connectivity index (χ2v) is 9.49. The quantitative estimate of drug-likeness (QED) is 0.355. The van der Waals surface area contributed by atoms with Crippen LogP contribution in [-0.2, 0) is 9.53 Å². The zero-order valence-corrected chi connectivity index (χ0v) is 23.7. The fraction of sp³-hybridized carbons (Fsp3) is 0.345. The molecule has 0 spiro atoms. The summed E-state index contributed by atoms with van der Waals surface area (Å²) in [5.41, 5.74) is 1.83. The molecule has 1 aliphatic rings. The molecule has 2 aromatic carbocycles. The number of fused-ring (bicyclic) bond motifs is 1. The summed E-state index contributed by atoms with van der Waals surface area (Å²) in [5.74, 6) is 1.80. The Labute approximate surface area is 230 Å². The van der Waals surface area contributed by atoms with E-state index in [0.717, 1.165) is 0 Å². The molecular formula is C29H32N2O7S. The van der Waals surface area contributed by atoms with E-state index >= 15 is 0 Å². The van der Waals surface area contributed by atoms with Crippen LogP contribution >= 0.6 is 11.3 Å². The number of allylic oxidation sites excluding steroid dienone is 1. The molecule has 0 aliphatic carbocycles. The van der Waals surface area contributed by atoms with Crippen LogP contribution in [0.3, 0.4) is 0 Å². The molecule has 1 atom stereocenters. The van der Waals surface area contributed by atoms with Crippen molar-refractivity contribution in [3.8, 4) is 23.0 Å². The first-order valence-corrected chi connectivity index (χ1v) is 13.5. The van der Waals surface area contributed by atoms with E-state index in [1.165, 1.54) is 15.9 Å². The first-order chi connectivity index (χ1) is 18.9. The second kappa shape index (κ2) is 12.2. The monoisotopic (exact) mass is 552 g/mol. The van der Waals surface area contributed by atoms with Gasteiger partial charge in [-0.25, -0.2) is 9.79 Å². The van der Waals surface area contributed by atoms with Crippen LogP contribution in [-0.4, -0.2) is 44.6 Å². The number of methoxy groups -OCH3 is 2. The fourth-order valence-electron chi connectivity index (χ4n) is 4.44. The van der Waals surface area contributed by atoms with Gasteiger partial charge in [0.1, 0.15) is 11.5 Å². The van der Waals surface area contributed by atoms with E-state index in [4.69, 9.17) is 23.7 Å². The van der Waals surface area contributed by atoms with Crippen molar-refractivity contribution in [2.24, 2.45) is 4.99 Å². The van der Waals surface area contributed by atoms with Crippen molar-refractivity contribution in [1.29, 1.82) is 0 Å². The van der Waals surface area contributed by atoms with E-state index in [-0.39, 0.29) is 12.2 Å². The molecule has 1 aromatic heterocycles. The highest BCUT2D eigenvalue weighted by molar-refractivity contribution is 7.07. The van der Waals surface area contributed by atoms with Crippen molar-refractivity contribution in [1.82, 2.24) is 4.57 Å². The fourth-order valence-corrected chi connectivity index (χ4v) is 5.48. The van der Waals surface area contributed by atoms with Gasteiger partial charge in [0.2, 0.25) is 0 Å². The van der Waals surface area contributed by atoms with Crippen molar-refractivity contribution in [2.45, 2.75) is 33.7 Å². The van der Waals surface area contributed by atoms with Gasteiger partial charge in [-0.2, -0.15) is 0 Å². The molecule has 0 saturated heterocycles. The average molecular weight is 553 g/mol. The summed E-state index contributed by atoms with van der Waals surface area (Å²) in [6, 6.07) is 10.0. The van der Waals surface area contributed by atoms with Gasteiger partial charge in [-0.3, -0.25) is 9.36 Å². The van der Waals surface area contributed by atoms with Crippen molar-refractivity contribution in [2.75, 3.05) is 34.0 Å². The predicted molar refractivity (Wildman–Crippen MR) is 149 cm³/mol. The molecule has 0 fully saturated rings. The zero-order chi connectivity index (χ0) is 28.1. The van der Waals surface area contributed by atoms with Crippen LogP contribution in [0.2, 0.25) is 0 Å². The van der Waals surface area contributed by atoms with Gasteiger partial charge in [0.25, 0.3) is 5.56 Å². The summed E-state index contributed by atoms with van der Waals surface area (Å²) in [5, 5.41) is 0. The lowest BCUT2D eigenvalue weighted by Gasteiger charge is -2.25. The minimum absolute atomic E-state index is 0.190. The number of nitrogens with zero attached hydrogens (tertiary/aromatic N) is 2. The maximum Gasteiger partial charge on any atom is 0.338 e. The SMILES string of the molecule is CCOC(=O)C1=C(C)N=c2s/c(=C\c3cc(OC)ccc3OC)c(=O)n2[C@@H]1c1ccc(OCC)c(OCC)c1. The average Bonchev–Trinajstić information content (AvgIpc) is 3.23. The highest BCUT2D eigenvalue weighted by atomic mass is 32.1. The zero-order valence-electron chi connectivity index (χ0n) is 22.9. The maximum atomic E-state index is 13.9. The van der Waals surface area contributed by atoms with Crippen LogP contribution in [0, 0.1) is 0 Å². The van der Waals surface area contributed by atoms with Gasteiger partial charge in [0.05, 0.1) is 55.9 Å². The molecule has 206 valence electrons. The standard InChI is InChI=1S/C29H32N2O7S/c1-7-36-22-12-10-18(15-23(22)37-8-2)26-25(28(33)38-9-3)17(4)30-29-31(26)27(32)24(39-29)16-19-14-20(34-5)11-13-21(19)35-6/h10-16,26H,7-9H2,1-6H3/b24-16-/t26-/m1/s1. The van der Waals surface area contributed by atoms with Crippen molar-refractivity contribution in [3.05, 3.63) is 78.5 Å². The van der Waals surface area contributed by atoms with Crippen LogP contribution in [0.15, 0.2) is 57.5 Å². The van der Waals surface area contributed by atoms with Crippen LogP contribution in [0.1, 0.15) is 44.9 Å². The van der Waals surface area contributed by atoms with Crippen LogP contribution in [0.25, 0.3) is 6.08 Å². The van der Waals surface area contributed by atoms with Gasteiger partial charge in [-0.15, -0.1) is 0 Å². The van der Waals surface area contributed by atoms with Crippen LogP contribution in [0.4, 0.5) is 0 Å². The Morgan fingerprint density at radius 1 is 0.974 bits per heavy atom. The number of hydrogen-bond donors (Lipinski definition) is 0. The van der Waals surface area contributed by atoms with E-state index in [2.05, 4.69) is 4.99 Å². The number of rotatable bonds is 10. The summed E-state index contributed by atoms with van der Waals surface area (Å²) >= 11 is 1.23. The van der Waals surface area contributed by atoms with E-state index in [1.807, 2.05) is 19.9 Å². The Balaban J connectivity index is 1.97. The molecule has 0 N–H and O–H groups in total. The largest absolute Gasteiger partial charge is 0.497 e. The summed E-state index contributed by atoms with van der Waals surface area (Å²) in [6.07, 6.45) is 1.75. The molecule has 9 nitrogen and oxygen atoms in total. The summed E-state index contributed by atoms with van der Waals surface area (Å²) in [6.45, 7) is 8.35. The number of benzene rings is 2. The number of thiazole rings is 1. The third kappa shape index (κ3) is 5.56. The number of ether oxygens (including phenoxy) is 5. The topological polar surface area (TPSA) is 97.6 Å².